The fraction of sp³-hybridized carbons (Fsp3) is 0.688. The third-order valence-corrected chi connectivity index (χ3v) is 7.59. The van der Waals surface area contributed by atoms with Gasteiger partial charge in [0.15, 0.2) is 12.5 Å². The minimum absolute atomic E-state index is 0.00383. The summed E-state index contributed by atoms with van der Waals surface area (Å²) in [5, 5.41) is 42.2. The standard InChI is InChI=1S/C16H26N2O14P2/c1-7-5-9(19)12(21)16(29-7)31-34(26,27)32-33(24,25)28-6-10-13(22)14(23)15(30-10)18-4-3-11(20)17-8(18)2/h3-4,7,9-10,12-16,19,21-23H,2,5-6H2,1H3,(H,17,20)(H,24,25)(H,26,27)/p-1/t7?,9-,10+,12?,13?,14-,15+,16-/m0/s1. The highest BCUT2D eigenvalue weighted by Crippen LogP contribution is 2.59. The number of ether oxygens (including phenoxy) is 2. The zero-order chi connectivity index (χ0) is 25.4. The number of nitrogens with zero attached hydrogens (tertiary/aromatic N) is 1. The van der Waals surface area contributed by atoms with E-state index in [2.05, 4.69) is 25.3 Å². The topological polar surface area (TPSA) is 237 Å². The zero-order valence-corrected chi connectivity index (χ0v) is 19.4. The van der Waals surface area contributed by atoms with Crippen molar-refractivity contribution in [3.63, 3.8) is 0 Å². The quantitative estimate of drug-likeness (QED) is 0.175. The maximum atomic E-state index is 12.1. The van der Waals surface area contributed by atoms with Gasteiger partial charge >= 0.3 is 7.82 Å². The smallest absolute Gasteiger partial charge is 0.478 e. The lowest BCUT2D eigenvalue weighted by molar-refractivity contribution is -0.276. The lowest BCUT2D eigenvalue weighted by Gasteiger charge is -2.38. The SMILES string of the molecule is C=C1NC(=O)C=CN1[C@@H]1O[C@H](COP(=O)(O)OP(=O)([O-])O[C@@H]2OC(C)C[C@H](O)C2O)C(O)[C@@H]1O. The Balaban J connectivity index is 1.57. The lowest BCUT2D eigenvalue weighted by atomic mass is 10.0. The van der Waals surface area contributed by atoms with E-state index in [4.69, 9.17) is 9.47 Å². The van der Waals surface area contributed by atoms with Crippen LogP contribution in [0.4, 0.5) is 0 Å². The van der Waals surface area contributed by atoms with Crippen LogP contribution in [0.15, 0.2) is 24.7 Å². The van der Waals surface area contributed by atoms with Crippen molar-refractivity contribution >= 4 is 21.6 Å². The fourth-order valence-electron chi connectivity index (χ4n) is 3.40. The molecule has 0 radical (unpaired) electrons. The van der Waals surface area contributed by atoms with Crippen LogP contribution in [-0.2, 0) is 36.8 Å². The molecule has 0 spiro atoms. The molecule has 18 heteroatoms. The summed E-state index contributed by atoms with van der Waals surface area (Å²) in [5.41, 5.74) is 0. The van der Waals surface area contributed by atoms with Crippen molar-refractivity contribution < 1.29 is 67.0 Å². The van der Waals surface area contributed by atoms with Gasteiger partial charge in [-0.05, 0) is 6.92 Å². The number of phosphoric ester groups is 2. The zero-order valence-electron chi connectivity index (χ0n) is 17.6. The normalized spacial score (nSPS) is 40.0. The second-order valence-electron chi connectivity index (χ2n) is 7.71. The molecule has 5 unspecified atom stereocenters. The Bertz CT molecular complexity index is 916. The molecule has 0 aliphatic carbocycles. The van der Waals surface area contributed by atoms with Gasteiger partial charge in [0.2, 0.25) is 0 Å². The van der Waals surface area contributed by atoms with Gasteiger partial charge in [0.25, 0.3) is 13.7 Å². The van der Waals surface area contributed by atoms with Crippen molar-refractivity contribution in [1.29, 1.82) is 0 Å². The fourth-order valence-corrected chi connectivity index (χ4v) is 5.52. The summed E-state index contributed by atoms with van der Waals surface area (Å²) in [6.07, 6.45) is -9.31. The molecule has 2 saturated heterocycles. The van der Waals surface area contributed by atoms with E-state index in [1.165, 1.54) is 18.0 Å². The van der Waals surface area contributed by atoms with Crippen LogP contribution in [0.2, 0.25) is 0 Å². The molecule has 0 aromatic carbocycles. The summed E-state index contributed by atoms with van der Waals surface area (Å²) in [5.74, 6) is -0.454. The van der Waals surface area contributed by atoms with Crippen molar-refractivity contribution in [3.05, 3.63) is 24.7 Å². The first-order valence-corrected chi connectivity index (χ1v) is 12.8. The molecule has 0 bridgehead atoms. The van der Waals surface area contributed by atoms with Crippen LogP contribution >= 0.6 is 15.6 Å². The molecule has 0 aromatic heterocycles. The van der Waals surface area contributed by atoms with E-state index in [1.807, 2.05) is 0 Å². The first-order chi connectivity index (χ1) is 15.7. The van der Waals surface area contributed by atoms with Gasteiger partial charge in [-0.2, -0.15) is 0 Å². The van der Waals surface area contributed by atoms with Gasteiger partial charge in [-0.15, -0.1) is 0 Å². The maximum absolute atomic E-state index is 12.1. The summed E-state index contributed by atoms with van der Waals surface area (Å²) in [7, 11) is -11.0. The molecule has 3 aliphatic heterocycles. The first kappa shape index (κ1) is 27.4. The molecule has 3 rings (SSSR count). The van der Waals surface area contributed by atoms with Crippen LogP contribution in [0.25, 0.3) is 0 Å². The number of aliphatic hydroxyl groups is 4. The predicted molar refractivity (Wildman–Crippen MR) is 105 cm³/mol. The molecule has 6 N–H and O–H groups in total. The summed E-state index contributed by atoms with van der Waals surface area (Å²) in [4.78, 5) is 34.3. The highest BCUT2D eigenvalue weighted by Gasteiger charge is 2.47. The van der Waals surface area contributed by atoms with Gasteiger partial charge < -0.3 is 49.9 Å². The van der Waals surface area contributed by atoms with E-state index in [-0.39, 0.29) is 12.2 Å². The minimum atomic E-state index is -5.62. The highest BCUT2D eigenvalue weighted by atomic mass is 31.3. The third kappa shape index (κ3) is 6.50. The van der Waals surface area contributed by atoms with Crippen LogP contribution in [-0.4, -0.2) is 91.9 Å². The first-order valence-electron chi connectivity index (χ1n) is 9.87. The number of hydrogen-bond acceptors (Lipinski definition) is 14. The summed E-state index contributed by atoms with van der Waals surface area (Å²) >= 11 is 0. The van der Waals surface area contributed by atoms with E-state index in [0.717, 1.165) is 6.08 Å². The number of amides is 1. The summed E-state index contributed by atoms with van der Waals surface area (Å²) in [6.45, 7) is 4.14. The van der Waals surface area contributed by atoms with Crippen LogP contribution < -0.4 is 10.2 Å². The third-order valence-electron chi connectivity index (χ3n) is 5.03. The summed E-state index contributed by atoms with van der Waals surface area (Å²) in [6, 6.07) is 0. The number of hydrogen-bond donors (Lipinski definition) is 6. The Morgan fingerprint density at radius 1 is 1.24 bits per heavy atom. The van der Waals surface area contributed by atoms with Gasteiger partial charge in [0.05, 0.1) is 18.8 Å². The molecule has 0 saturated carbocycles. The van der Waals surface area contributed by atoms with E-state index in [1.54, 1.807) is 0 Å². The second-order valence-corrected chi connectivity index (χ2v) is 10.7. The number of rotatable bonds is 8. The molecule has 10 atom stereocenters. The maximum Gasteiger partial charge on any atom is 0.478 e. The van der Waals surface area contributed by atoms with E-state index in [9.17, 15) is 44.1 Å². The predicted octanol–water partition coefficient (Wildman–Crippen LogP) is -2.67. The van der Waals surface area contributed by atoms with E-state index in [0.29, 0.717) is 0 Å². The van der Waals surface area contributed by atoms with E-state index < -0.39 is 77.3 Å². The average molecular weight is 531 g/mol. The Kier molecular flexibility index (Phi) is 8.37. The molecule has 0 aromatic rings. The van der Waals surface area contributed by atoms with Crippen molar-refractivity contribution in [2.45, 2.75) is 62.5 Å². The lowest BCUT2D eigenvalue weighted by Crippen LogP contribution is -2.48. The van der Waals surface area contributed by atoms with Crippen molar-refractivity contribution in [3.8, 4) is 0 Å². The Hall–Kier alpha value is -1.23. The Morgan fingerprint density at radius 3 is 2.56 bits per heavy atom. The van der Waals surface area contributed by atoms with Crippen LogP contribution in [0, 0.1) is 0 Å². The van der Waals surface area contributed by atoms with Crippen molar-refractivity contribution in [1.82, 2.24) is 10.2 Å². The average Bonchev–Trinajstić information content (AvgIpc) is 2.97. The molecular formula is C16H25N2O14P2-. The van der Waals surface area contributed by atoms with Crippen molar-refractivity contribution in [2.24, 2.45) is 0 Å². The van der Waals surface area contributed by atoms with Gasteiger partial charge in [-0.1, -0.05) is 6.58 Å². The molecule has 34 heavy (non-hydrogen) atoms. The second kappa shape index (κ2) is 10.4. The van der Waals surface area contributed by atoms with Crippen LogP contribution in [0.5, 0.6) is 0 Å². The van der Waals surface area contributed by atoms with Gasteiger partial charge in [-0.3, -0.25) is 18.4 Å². The number of aliphatic hydroxyl groups excluding tert-OH is 4. The molecule has 3 aliphatic rings. The largest absolute Gasteiger partial charge is 0.756 e. The number of phosphoric acid groups is 2. The molecule has 1 amide bonds. The minimum Gasteiger partial charge on any atom is -0.756 e. The molecular weight excluding hydrogens is 506 g/mol. The van der Waals surface area contributed by atoms with Crippen molar-refractivity contribution in [2.75, 3.05) is 6.61 Å². The summed E-state index contributed by atoms with van der Waals surface area (Å²) < 4.78 is 47.7. The number of carbonyl (C=O) groups is 1. The number of carbonyl (C=O) groups excluding carboxylic acids is 1. The van der Waals surface area contributed by atoms with E-state index >= 15 is 0 Å². The van der Waals surface area contributed by atoms with Crippen LogP contribution in [0.3, 0.4) is 0 Å². The number of nitrogens with one attached hydrogen (secondary N) is 1. The Morgan fingerprint density at radius 2 is 1.91 bits per heavy atom. The molecule has 2 fully saturated rings. The monoisotopic (exact) mass is 531 g/mol. The van der Waals surface area contributed by atoms with Gasteiger partial charge in [-0.25, -0.2) is 8.88 Å². The highest BCUT2D eigenvalue weighted by molar-refractivity contribution is 7.60. The molecule has 16 nitrogen and oxygen atoms in total. The van der Waals surface area contributed by atoms with Crippen LogP contribution in [0.1, 0.15) is 13.3 Å². The molecule has 194 valence electrons. The van der Waals surface area contributed by atoms with Gasteiger partial charge in [0.1, 0.15) is 30.2 Å². The molecule has 3 heterocycles. The van der Waals surface area contributed by atoms with Gasteiger partial charge in [0, 0.05) is 18.7 Å². The Labute approximate surface area is 193 Å².